The van der Waals surface area contributed by atoms with E-state index in [0.29, 0.717) is 0 Å². The van der Waals surface area contributed by atoms with Crippen molar-refractivity contribution in [2.45, 2.75) is 32.2 Å². The predicted molar refractivity (Wildman–Crippen MR) is 88.0 cm³/mol. The normalized spacial score (nSPS) is 12.5. The Kier molecular flexibility index (Phi) is 4.83. The first-order chi connectivity index (χ1) is 10.4. The van der Waals surface area contributed by atoms with Gasteiger partial charge in [-0.15, -0.1) is 0 Å². The van der Waals surface area contributed by atoms with E-state index in [9.17, 15) is 4.79 Å². The van der Waals surface area contributed by atoms with E-state index in [-0.39, 0.29) is 5.54 Å². The van der Waals surface area contributed by atoms with Crippen LogP contribution in [0.1, 0.15) is 37.8 Å². The van der Waals surface area contributed by atoms with Crippen molar-refractivity contribution in [3.05, 3.63) is 65.7 Å². The lowest BCUT2D eigenvalue weighted by Gasteiger charge is -2.23. The molecular weight excluding hydrogens is 276 g/mol. The molecule has 1 unspecified atom stereocenters. The zero-order valence-corrected chi connectivity index (χ0v) is 13.1. The van der Waals surface area contributed by atoms with Gasteiger partial charge in [0.05, 0.1) is 5.92 Å². The fraction of sp³-hybridized carbons (Fsp3) is 0.278. The summed E-state index contributed by atoms with van der Waals surface area (Å²) in [5.41, 5.74) is 4.40. The lowest BCUT2D eigenvalue weighted by molar-refractivity contribution is -0.129. The number of carbonyl (C=O) groups is 1. The second kappa shape index (κ2) is 6.62. The van der Waals surface area contributed by atoms with Crippen molar-refractivity contribution in [1.29, 1.82) is 0 Å². The SMILES string of the molecule is CC(C)(C)Nc1ccc(C(C(=O)NO)c2ccccc2)cc1. The van der Waals surface area contributed by atoms with Gasteiger partial charge in [-0.3, -0.25) is 10.0 Å². The maximum Gasteiger partial charge on any atom is 0.255 e. The minimum atomic E-state index is -0.533. The van der Waals surface area contributed by atoms with Gasteiger partial charge in [-0.25, -0.2) is 5.48 Å². The van der Waals surface area contributed by atoms with E-state index in [4.69, 9.17) is 5.21 Å². The molecule has 2 rings (SSSR count). The molecule has 22 heavy (non-hydrogen) atoms. The maximum absolute atomic E-state index is 12.0. The lowest BCUT2D eigenvalue weighted by Crippen LogP contribution is -2.27. The molecule has 1 amide bonds. The zero-order chi connectivity index (χ0) is 16.2. The molecule has 0 saturated carbocycles. The quantitative estimate of drug-likeness (QED) is 0.597. The monoisotopic (exact) mass is 298 g/mol. The largest absolute Gasteiger partial charge is 0.380 e. The Labute approximate surface area is 131 Å². The molecule has 0 saturated heterocycles. The Morgan fingerprint density at radius 2 is 1.50 bits per heavy atom. The summed E-state index contributed by atoms with van der Waals surface area (Å²) in [7, 11) is 0. The standard InChI is InChI=1S/C18H22N2O2/c1-18(2,3)19-15-11-9-14(10-12-15)16(17(21)20-22)13-7-5-4-6-8-13/h4-12,16,19,22H,1-3H3,(H,20,21). The Morgan fingerprint density at radius 1 is 0.955 bits per heavy atom. The molecule has 1 atom stereocenters. The first-order valence-corrected chi connectivity index (χ1v) is 7.28. The fourth-order valence-electron chi connectivity index (χ4n) is 2.40. The fourth-order valence-corrected chi connectivity index (χ4v) is 2.40. The van der Waals surface area contributed by atoms with Crippen LogP contribution in [0.5, 0.6) is 0 Å². The van der Waals surface area contributed by atoms with Crippen molar-refractivity contribution < 1.29 is 10.0 Å². The van der Waals surface area contributed by atoms with E-state index < -0.39 is 11.8 Å². The van der Waals surface area contributed by atoms with Gasteiger partial charge in [0, 0.05) is 11.2 Å². The van der Waals surface area contributed by atoms with Crippen LogP contribution >= 0.6 is 0 Å². The summed E-state index contributed by atoms with van der Waals surface area (Å²) in [6.07, 6.45) is 0. The lowest BCUT2D eigenvalue weighted by atomic mass is 9.90. The molecule has 0 aliphatic rings. The summed E-state index contributed by atoms with van der Waals surface area (Å²) >= 11 is 0. The highest BCUT2D eigenvalue weighted by Crippen LogP contribution is 2.26. The number of rotatable bonds is 4. The molecule has 116 valence electrons. The first-order valence-electron chi connectivity index (χ1n) is 7.28. The number of benzene rings is 2. The summed E-state index contributed by atoms with van der Waals surface area (Å²) in [5.74, 6) is -0.974. The average molecular weight is 298 g/mol. The van der Waals surface area contributed by atoms with E-state index in [1.165, 1.54) is 0 Å². The summed E-state index contributed by atoms with van der Waals surface area (Å²) in [4.78, 5) is 12.0. The first kappa shape index (κ1) is 16.0. The van der Waals surface area contributed by atoms with Crippen LogP contribution in [0.15, 0.2) is 54.6 Å². The van der Waals surface area contributed by atoms with Gasteiger partial charge in [0.2, 0.25) is 0 Å². The van der Waals surface area contributed by atoms with Crippen molar-refractivity contribution >= 4 is 11.6 Å². The third-order valence-electron chi connectivity index (χ3n) is 3.27. The van der Waals surface area contributed by atoms with Crippen LogP contribution in [0.3, 0.4) is 0 Å². The third-order valence-corrected chi connectivity index (χ3v) is 3.27. The molecule has 2 aromatic carbocycles. The predicted octanol–water partition coefficient (Wildman–Crippen LogP) is 3.53. The Hall–Kier alpha value is -2.33. The molecular formula is C18H22N2O2. The van der Waals surface area contributed by atoms with E-state index >= 15 is 0 Å². The van der Waals surface area contributed by atoms with Gasteiger partial charge in [-0.05, 0) is 44.0 Å². The zero-order valence-electron chi connectivity index (χ0n) is 13.1. The second-order valence-corrected chi connectivity index (χ2v) is 6.32. The van der Waals surface area contributed by atoms with Crippen LogP contribution in [-0.2, 0) is 4.79 Å². The van der Waals surface area contributed by atoms with Crippen LogP contribution < -0.4 is 10.8 Å². The van der Waals surface area contributed by atoms with Crippen molar-refractivity contribution in [2.24, 2.45) is 0 Å². The number of hydroxylamine groups is 1. The van der Waals surface area contributed by atoms with Gasteiger partial charge in [0.25, 0.3) is 5.91 Å². The molecule has 4 heteroatoms. The van der Waals surface area contributed by atoms with Crippen LogP contribution in [0.4, 0.5) is 5.69 Å². The van der Waals surface area contributed by atoms with Crippen molar-refractivity contribution in [2.75, 3.05) is 5.32 Å². The minimum Gasteiger partial charge on any atom is -0.380 e. The summed E-state index contributed by atoms with van der Waals surface area (Å²) < 4.78 is 0. The Morgan fingerprint density at radius 3 is 2.00 bits per heavy atom. The second-order valence-electron chi connectivity index (χ2n) is 6.32. The van der Waals surface area contributed by atoms with Gasteiger partial charge in [0.1, 0.15) is 0 Å². The molecule has 0 aliphatic heterocycles. The van der Waals surface area contributed by atoms with Crippen LogP contribution in [-0.4, -0.2) is 16.7 Å². The molecule has 0 aliphatic carbocycles. The van der Waals surface area contributed by atoms with Crippen LogP contribution in [0, 0.1) is 0 Å². The summed E-state index contributed by atoms with van der Waals surface area (Å²) in [6.45, 7) is 6.27. The van der Waals surface area contributed by atoms with Crippen molar-refractivity contribution in [3.8, 4) is 0 Å². The highest BCUT2D eigenvalue weighted by Gasteiger charge is 2.22. The van der Waals surface area contributed by atoms with Gasteiger partial charge in [-0.2, -0.15) is 0 Å². The molecule has 3 N–H and O–H groups in total. The molecule has 0 radical (unpaired) electrons. The van der Waals surface area contributed by atoms with Gasteiger partial charge in [-0.1, -0.05) is 42.5 Å². The van der Waals surface area contributed by atoms with E-state index in [1.807, 2.05) is 54.6 Å². The maximum atomic E-state index is 12.0. The number of hydrogen-bond acceptors (Lipinski definition) is 3. The molecule has 0 spiro atoms. The van der Waals surface area contributed by atoms with Crippen LogP contribution in [0.2, 0.25) is 0 Å². The average Bonchev–Trinajstić information content (AvgIpc) is 2.48. The number of anilines is 1. The number of carbonyl (C=O) groups excluding carboxylic acids is 1. The van der Waals surface area contributed by atoms with Crippen molar-refractivity contribution in [3.63, 3.8) is 0 Å². The number of amides is 1. The smallest absolute Gasteiger partial charge is 0.255 e. The topological polar surface area (TPSA) is 61.4 Å². The molecule has 4 nitrogen and oxygen atoms in total. The van der Waals surface area contributed by atoms with Gasteiger partial charge in [0.15, 0.2) is 0 Å². The summed E-state index contributed by atoms with van der Waals surface area (Å²) in [5, 5.41) is 12.4. The van der Waals surface area contributed by atoms with Crippen molar-refractivity contribution in [1.82, 2.24) is 5.48 Å². The minimum absolute atomic E-state index is 0.0250. The highest BCUT2D eigenvalue weighted by molar-refractivity contribution is 5.86. The van der Waals surface area contributed by atoms with Gasteiger partial charge >= 0.3 is 0 Å². The van der Waals surface area contributed by atoms with E-state index in [1.54, 1.807) is 5.48 Å². The Bertz CT molecular complexity index is 616. The Balaban J connectivity index is 2.31. The van der Waals surface area contributed by atoms with E-state index in [0.717, 1.165) is 16.8 Å². The third kappa shape index (κ3) is 4.09. The number of nitrogens with one attached hydrogen (secondary N) is 2. The van der Waals surface area contributed by atoms with Gasteiger partial charge < -0.3 is 5.32 Å². The molecule has 0 fully saturated rings. The molecule has 0 aromatic heterocycles. The summed E-state index contributed by atoms with van der Waals surface area (Å²) in [6, 6.07) is 17.1. The van der Waals surface area contributed by atoms with E-state index in [2.05, 4.69) is 26.1 Å². The molecule has 0 bridgehead atoms. The van der Waals surface area contributed by atoms with Crippen LogP contribution in [0.25, 0.3) is 0 Å². The molecule has 2 aromatic rings. The highest BCUT2D eigenvalue weighted by atomic mass is 16.5. The number of hydrogen-bond donors (Lipinski definition) is 3. The molecule has 0 heterocycles.